The van der Waals surface area contributed by atoms with Crippen molar-refractivity contribution in [2.45, 2.75) is 56.1 Å². The molecule has 2 saturated carbocycles. The van der Waals surface area contributed by atoms with Gasteiger partial charge in [-0.05, 0) is 31.2 Å². The van der Waals surface area contributed by atoms with Crippen LogP contribution < -0.4 is 0 Å². The first-order chi connectivity index (χ1) is 10.3. The van der Waals surface area contributed by atoms with E-state index in [9.17, 15) is 4.79 Å². The van der Waals surface area contributed by atoms with Gasteiger partial charge in [-0.2, -0.15) is 0 Å². The fourth-order valence-corrected chi connectivity index (χ4v) is 4.13. The minimum atomic E-state index is -0.222. The normalized spacial score (nSPS) is 30.6. The molecule has 0 spiro atoms. The highest BCUT2D eigenvalue weighted by Gasteiger charge is 2.54. The largest absolute Gasteiger partial charge is 0.374 e. The molecule has 1 aromatic rings. The molecule has 4 rings (SSSR count). The Balaban J connectivity index is 1.59. The number of fused-ring (bicyclic) bond motifs is 1. The molecule has 0 aromatic heterocycles. The highest BCUT2D eigenvalue weighted by Crippen LogP contribution is 2.50. The number of rotatable bonds is 2. The first-order valence-electron chi connectivity index (χ1n) is 8.29. The lowest BCUT2D eigenvalue weighted by Crippen LogP contribution is -2.57. The summed E-state index contributed by atoms with van der Waals surface area (Å²) in [7, 11) is 0. The second-order valence-corrected chi connectivity index (χ2v) is 6.71. The quantitative estimate of drug-likeness (QED) is 0.836. The lowest BCUT2D eigenvalue weighted by Gasteiger charge is -2.45. The van der Waals surface area contributed by atoms with E-state index in [0.717, 1.165) is 32.2 Å². The molecule has 2 aliphatic carbocycles. The number of hydrogen-bond acceptors (Lipinski definition) is 2. The zero-order valence-electron chi connectivity index (χ0n) is 12.5. The second kappa shape index (κ2) is 5.13. The summed E-state index contributed by atoms with van der Waals surface area (Å²) in [5.41, 5.74) is 0.981. The van der Waals surface area contributed by atoms with Crippen molar-refractivity contribution in [3.05, 3.63) is 35.9 Å². The molecule has 3 nitrogen and oxygen atoms in total. The van der Waals surface area contributed by atoms with Gasteiger partial charge in [-0.25, -0.2) is 0 Å². The van der Waals surface area contributed by atoms with Gasteiger partial charge in [-0.3, -0.25) is 4.79 Å². The first kappa shape index (κ1) is 13.3. The maximum absolute atomic E-state index is 13.2. The molecule has 0 radical (unpaired) electrons. The molecule has 3 aliphatic rings. The van der Waals surface area contributed by atoms with Gasteiger partial charge in [-0.15, -0.1) is 0 Å². The van der Waals surface area contributed by atoms with Crippen LogP contribution in [0.25, 0.3) is 0 Å². The van der Waals surface area contributed by atoms with E-state index in [0.29, 0.717) is 18.6 Å². The number of carbonyl (C=O) groups is 1. The van der Waals surface area contributed by atoms with Crippen molar-refractivity contribution >= 4 is 5.91 Å². The Labute approximate surface area is 126 Å². The van der Waals surface area contributed by atoms with Crippen molar-refractivity contribution in [3.8, 4) is 0 Å². The van der Waals surface area contributed by atoms with Crippen LogP contribution in [0.3, 0.4) is 0 Å². The van der Waals surface area contributed by atoms with E-state index in [-0.39, 0.29) is 11.5 Å². The highest BCUT2D eigenvalue weighted by atomic mass is 16.5. The van der Waals surface area contributed by atoms with Gasteiger partial charge in [0.2, 0.25) is 5.91 Å². The topological polar surface area (TPSA) is 29.5 Å². The van der Waals surface area contributed by atoms with Crippen molar-refractivity contribution in [1.29, 1.82) is 0 Å². The maximum Gasteiger partial charge on any atom is 0.233 e. The second-order valence-electron chi connectivity index (χ2n) is 6.71. The van der Waals surface area contributed by atoms with E-state index in [1.54, 1.807) is 0 Å². The smallest absolute Gasteiger partial charge is 0.233 e. The Hall–Kier alpha value is -1.35. The molecule has 0 N–H and O–H groups in total. The average molecular weight is 285 g/mol. The zero-order valence-corrected chi connectivity index (χ0v) is 12.5. The minimum absolute atomic E-state index is 0.222. The van der Waals surface area contributed by atoms with Gasteiger partial charge in [0.25, 0.3) is 0 Å². The Morgan fingerprint density at radius 2 is 1.90 bits per heavy atom. The van der Waals surface area contributed by atoms with Gasteiger partial charge < -0.3 is 9.64 Å². The minimum Gasteiger partial charge on any atom is -0.374 e. The Kier molecular flexibility index (Phi) is 3.26. The molecular weight excluding hydrogens is 262 g/mol. The number of benzene rings is 1. The third-order valence-electron chi connectivity index (χ3n) is 5.48. The van der Waals surface area contributed by atoms with E-state index in [4.69, 9.17) is 4.74 Å². The molecule has 1 heterocycles. The molecule has 1 aliphatic heterocycles. The Morgan fingerprint density at radius 3 is 2.67 bits per heavy atom. The summed E-state index contributed by atoms with van der Waals surface area (Å²) < 4.78 is 5.91. The summed E-state index contributed by atoms with van der Waals surface area (Å²) in [6.45, 7) is 1.48. The standard InChI is InChI=1S/C18H23NO2/c20-17(18(10-11-18)14-6-2-1-3-7-14)19-12-13-21-16-9-5-4-8-15(16)19/h1-3,6-7,15-16H,4-5,8-13H2/t15-,16-/m1/s1. The number of morpholine rings is 1. The fraction of sp³-hybridized carbons (Fsp3) is 0.611. The van der Waals surface area contributed by atoms with Crippen LogP contribution in [0.5, 0.6) is 0 Å². The van der Waals surface area contributed by atoms with Gasteiger partial charge in [-0.1, -0.05) is 43.2 Å². The molecule has 0 bridgehead atoms. The van der Waals surface area contributed by atoms with Crippen molar-refractivity contribution in [2.75, 3.05) is 13.2 Å². The Morgan fingerprint density at radius 1 is 1.14 bits per heavy atom. The van der Waals surface area contributed by atoms with E-state index >= 15 is 0 Å². The number of nitrogens with zero attached hydrogens (tertiary/aromatic N) is 1. The van der Waals surface area contributed by atoms with Crippen LogP contribution in [0.2, 0.25) is 0 Å². The summed E-state index contributed by atoms with van der Waals surface area (Å²) >= 11 is 0. The van der Waals surface area contributed by atoms with Gasteiger partial charge >= 0.3 is 0 Å². The van der Waals surface area contributed by atoms with Gasteiger partial charge in [0.1, 0.15) is 0 Å². The van der Waals surface area contributed by atoms with Crippen molar-refractivity contribution in [1.82, 2.24) is 4.90 Å². The molecule has 1 amide bonds. The molecule has 3 fully saturated rings. The number of carbonyl (C=O) groups excluding carboxylic acids is 1. The van der Waals surface area contributed by atoms with Crippen molar-refractivity contribution in [2.24, 2.45) is 0 Å². The van der Waals surface area contributed by atoms with Crippen LogP contribution in [0.4, 0.5) is 0 Å². The molecule has 2 atom stereocenters. The molecular formula is C18H23NO2. The summed E-state index contributed by atoms with van der Waals surface area (Å²) in [4.78, 5) is 15.4. The molecule has 1 saturated heterocycles. The molecule has 112 valence electrons. The summed E-state index contributed by atoms with van der Waals surface area (Å²) in [5.74, 6) is 0.355. The monoisotopic (exact) mass is 285 g/mol. The Bertz CT molecular complexity index is 521. The fourth-order valence-electron chi connectivity index (χ4n) is 4.13. The number of ether oxygens (including phenoxy) is 1. The van der Waals surface area contributed by atoms with Crippen molar-refractivity contribution in [3.63, 3.8) is 0 Å². The van der Waals surface area contributed by atoms with Gasteiger partial charge in [0.15, 0.2) is 0 Å². The van der Waals surface area contributed by atoms with E-state index in [1.165, 1.54) is 18.4 Å². The van der Waals surface area contributed by atoms with Gasteiger partial charge in [0, 0.05) is 6.54 Å². The lowest BCUT2D eigenvalue weighted by atomic mass is 9.87. The molecule has 3 heteroatoms. The summed E-state index contributed by atoms with van der Waals surface area (Å²) in [5, 5.41) is 0. The number of hydrogen-bond donors (Lipinski definition) is 0. The average Bonchev–Trinajstić information content (AvgIpc) is 3.36. The lowest BCUT2D eigenvalue weighted by molar-refractivity contribution is -0.152. The predicted molar refractivity (Wildman–Crippen MR) is 81.1 cm³/mol. The molecule has 0 unspecified atom stereocenters. The van der Waals surface area contributed by atoms with Crippen molar-refractivity contribution < 1.29 is 9.53 Å². The maximum atomic E-state index is 13.2. The summed E-state index contributed by atoms with van der Waals surface area (Å²) in [6, 6.07) is 10.7. The van der Waals surface area contributed by atoms with Crippen LogP contribution in [0.1, 0.15) is 44.1 Å². The van der Waals surface area contributed by atoms with E-state index < -0.39 is 0 Å². The third-order valence-corrected chi connectivity index (χ3v) is 5.48. The van der Waals surface area contributed by atoms with Crippen LogP contribution >= 0.6 is 0 Å². The first-order valence-corrected chi connectivity index (χ1v) is 8.29. The van der Waals surface area contributed by atoms with Crippen LogP contribution in [-0.2, 0) is 14.9 Å². The van der Waals surface area contributed by atoms with E-state index in [1.807, 2.05) is 18.2 Å². The molecule has 1 aromatic carbocycles. The van der Waals surface area contributed by atoms with Crippen LogP contribution in [0, 0.1) is 0 Å². The number of amides is 1. The highest BCUT2D eigenvalue weighted by molar-refractivity contribution is 5.91. The zero-order chi connectivity index (χ0) is 14.3. The van der Waals surface area contributed by atoms with Gasteiger partial charge in [0.05, 0.1) is 24.2 Å². The van der Waals surface area contributed by atoms with Crippen LogP contribution in [-0.4, -0.2) is 36.1 Å². The molecule has 21 heavy (non-hydrogen) atoms. The third kappa shape index (κ3) is 2.18. The summed E-state index contributed by atoms with van der Waals surface area (Å²) in [6.07, 6.45) is 6.99. The predicted octanol–water partition coefficient (Wildman–Crippen LogP) is 2.89. The van der Waals surface area contributed by atoms with Crippen LogP contribution in [0.15, 0.2) is 30.3 Å². The SMILES string of the molecule is O=C(N1CCO[C@@H]2CCCC[C@H]21)C1(c2ccccc2)CC1. The van der Waals surface area contributed by atoms with E-state index in [2.05, 4.69) is 17.0 Å².